The number of hydrogen-bond donors (Lipinski definition) is 2. The number of carboxylic acid groups (broad SMARTS) is 1. The van der Waals surface area contributed by atoms with E-state index in [1.807, 2.05) is 19.1 Å². The zero-order chi connectivity index (χ0) is 23.4. The molecule has 1 fully saturated rings. The minimum Gasteiger partial charge on any atom is -0.482 e. The summed E-state index contributed by atoms with van der Waals surface area (Å²) in [5, 5.41) is 8.70. The van der Waals surface area contributed by atoms with E-state index >= 15 is 0 Å². The summed E-state index contributed by atoms with van der Waals surface area (Å²) < 4.78 is 8.11. The van der Waals surface area contributed by atoms with Gasteiger partial charge in [-0.15, -0.1) is 0 Å². The highest BCUT2D eigenvalue weighted by Crippen LogP contribution is 2.32. The second-order valence-corrected chi connectivity index (χ2v) is 8.62. The van der Waals surface area contributed by atoms with Crippen molar-refractivity contribution in [3.63, 3.8) is 0 Å². The lowest BCUT2D eigenvalue weighted by atomic mass is 10.1. The van der Waals surface area contributed by atoms with Crippen molar-refractivity contribution < 1.29 is 14.6 Å². The number of rotatable bonds is 10. The second-order valence-electron chi connectivity index (χ2n) is 8.62. The van der Waals surface area contributed by atoms with Crippen molar-refractivity contribution in [1.82, 2.24) is 19.1 Å². The molecule has 0 unspecified atom stereocenters. The topological polar surface area (TPSA) is 119 Å². The fraction of sp³-hybridized carbons (Fsp3) is 0.500. The van der Waals surface area contributed by atoms with Crippen molar-refractivity contribution in [1.29, 1.82) is 0 Å². The molecule has 0 saturated heterocycles. The quantitative estimate of drug-likeness (QED) is 0.486. The van der Waals surface area contributed by atoms with Crippen LogP contribution in [0.3, 0.4) is 0 Å². The Balaban J connectivity index is 1.55. The number of H-pyrrole nitrogens is 1. The molecular formula is C24H30N4O5. The lowest BCUT2D eigenvalue weighted by Gasteiger charge is -2.11. The first-order valence-electron chi connectivity index (χ1n) is 11.6. The normalized spacial score (nSPS) is 14.2. The van der Waals surface area contributed by atoms with Gasteiger partial charge in [0, 0.05) is 19.0 Å². The average Bonchev–Trinajstić information content (AvgIpc) is 3.48. The molecule has 1 saturated carbocycles. The number of aliphatic carboxylic acids is 1. The third-order valence-electron chi connectivity index (χ3n) is 6.20. The fourth-order valence-corrected chi connectivity index (χ4v) is 4.54. The molecule has 0 atom stereocenters. The first kappa shape index (κ1) is 22.8. The molecule has 0 radical (unpaired) electrons. The van der Waals surface area contributed by atoms with Gasteiger partial charge in [-0.25, -0.2) is 14.6 Å². The number of nitrogens with zero attached hydrogens (tertiary/aromatic N) is 3. The third-order valence-corrected chi connectivity index (χ3v) is 6.20. The lowest BCUT2D eigenvalue weighted by Crippen LogP contribution is -2.40. The minimum atomic E-state index is -1.02. The molecule has 33 heavy (non-hydrogen) atoms. The number of ether oxygens (including phenoxy) is 1. The van der Waals surface area contributed by atoms with Gasteiger partial charge in [0.1, 0.15) is 17.1 Å². The van der Waals surface area contributed by atoms with E-state index in [0.29, 0.717) is 48.8 Å². The second kappa shape index (κ2) is 10.1. The minimum absolute atomic E-state index is 0.290. The molecule has 2 heterocycles. The summed E-state index contributed by atoms with van der Waals surface area (Å²) in [6.45, 7) is 2.40. The molecule has 2 aromatic heterocycles. The smallest absolute Gasteiger partial charge is 0.341 e. The van der Waals surface area contributed by atoms with Crippen molar-refractivity contribution in [3.05, 3.63) is 56.5 Å². The maximum absolute atomic E-state index is 13.1. The van der Waals surface area contributed by atoms with Crippen LogP contribution in [0.5, 0.6) is 5.75 Å². The summed E-state index contributed by atoms with van der Waals surface area (Å²) in [5.74, 6) is 0.622. The lowest BCUT2D eigenvalue weighted by molar-refractivity contribution is -0.139. The van der Waals surface area contributed by atoms with Gasteiger partial charge in [0.15, 0.2) is 12.3 Å². The van der Waals surface area contributed by atoms with E-state index in [9.17, 15) is 14.4 Å². The molecule has 0 aliphatic heterocycles. The highest BCUT2D eigenvalue weighted by Gasteiger charge is 2.23. The number of aromatic amines is 1. The number of carboxylic acids is 1. The Bertz CT molecular complexity index is 1230. The van der Waals surface area contributed by atoms with Gasteiger partial charge in [-0.2, -0.15) is 0 Å². The van der Waals surface area contributed by atoms with Gasteiger partial charge in [-0.1, -0.05) is 31.9 Å². The molecule has 9 nitrogen and oxygen atoms in total. The van der Waals surface area contributed by atoms with Crippen LogP contribution in [0.4, 0.5) is 0 Å². The summed E-state index contributed by atoms with van der Waals surface area (Å²) in [7, 11) is 0. The Labute approximate surface area is 191 Å². The molecule has 2 N–H and O–H groups in total. The van der Waals surface area contributed by atoms with Gasteiger partial charge in [-0.3, -0.25) is 13.9 Å². The molecule has 1 aliphatic rings. The molecule has 9 heteroatoms. The van der Waals surface area contributed by atoms with Gasteiger partial charge in [0.2, 0.25) is 0 Å². The number of imidazole rings is 1. The summed E-state index contributed by atoms with van der Waals surface area (Å²) in [5.41, 5.74) is 1.33. The summed E-state index contributed by atoms with van der Waals surface area (Å²) in [4.78, 5) is 44.7. The highest BCUT2D eigenvalue weighted by atomic mass is 16.5. The Morgan fingerprint density at radius 3 is 2.55 bits per heavy atom. The van der Waals surface area contributed by atoms with Crippen LogP contribution in [0.1, 0.15) is 62.8 Å². The summed E-state index contributed by atoms with van der Waals surface area (Å²) >= 11 is 0. The number of nitrogens with one attached hydrogen (secondary N) is 1. The standard InChI is InChI=1S/C24H30N4O5/c1-2-13-28-23(31)20-22(26-21(25-20)17-7-3-4-8-17)27(24(28)32)14-5-6-16-9-11-18(12-10-16)33-15-19(29)30/h9-12,17H,2-8,13-15H2,1H3,(H,25,26)(H,29,30). The zero-order valence-electron chi connectivity index (χ0n) is 18.9. The maximum Gasteiger partial charge on any atom is 0.341 e. The number of aromatic nitrogens is 4. The fourth-order valence-electron chi connectivity index (χ4n) is 4.54. The highest BCUT2D eigenvalue weighted by molar-refractivity contribution is 5.70. The van der Waals surface area contributed by atoms with Gasteiger partial charge >= 0.3 is 11.7 Å². The van der Waals surface area contributed by atoms with Crippen LogP contribution in [0.2, 0.25) is 0 Å². The Kier molecular flexibility index (Phi) is 6.96. The molecule has 176 valence electrons. The van der Waals surface area contributed by atoms with Crippen LogP contribution < -0.4 is 16.0 Å². The third kappa shape index (κ3) is 5.02. The molecule has 1 aromatic carbocycles. The summed E-state index contributed by atoms with van der Waals surface area (Å²) in [6.07, 6.45) is 6.54. The SMILES string of the molecule is CCCn1c(=O)c2[nH]c(C3CCCC3)nc2n(CCCc2ccc(OCC(=O)O)cc2)c1=O. The maximum atomic E-state index is 13.1. The summed E-state index contributed by atoms with van der Waals surface area (Å²) in [6, 6.07) is 7.26. The van der Waals surface area contributed by atoms with E-state index in [0.717, 1.165) is 43.5 Å². The average molecular weight is 455 g/mol. The molecule has 0 spiro atoms. The van der Waals surface area contributed by atoms with Crippen molar-refractivity contribution in [2.75, 3.05) is 6.61 Å². The number of fused-ring (bicyclic) bond motifs is 1. The first-order valence-corrected chi connectivity index (χ1v) is 11.6. The van der Waals surface area contributed by atoms with Crippen LogP contribution >= 0.6 is 0 Å². The Morgan fingerprint density at radius 2 is 1.88 bits per heavy atom. The van der Waals surface area contributed by atoms with E-state index in [1.54, 1.807) is 16.7 Å². The molecule has 3 aromatic rings. The van der Waals surface area contributed by atoms with Crippen LogP contribution in [-0.4, -0.2) is 36.8 Å². The largest absolute Gasteiger partial charge is 0.482 e. The Hall–Kier alpha value is -3.36. The van der Waals surface area contributed by atoms with Crippen LogP contribution in [0.15, 0.2) is 33.9 Å². The number of hydrogen-bond acceptors (Lipinski definition) is 5. The predicted molar refractivity (Wildman–Crippen MR) is 124 cm³/mol. The van der Waals surface area contributed by atoms with Gasteiger partial charge < -0.3 is 14.8 Å². The first-order chi connectivity index (χ1) is 16.0. The van der Waals surface area contributed by atoms with Crippen molar-refractivity contribution in [2.24, 2.45) is 0 Å². The van der Waals surface area contributed by atoms with Gasteiger partial charge in [0.25, 0.3) is 5.56 Å². The van der Waals surface area contributed by atoms with Crippen molar-refractivity contribution in [3.8, 4) is 5.75 Å². The molecule has 0 amide bonds. The van der Waals surface area contributed by atoms with Crippen LogP contribution in [0.25, 0.3) is 11.2 Å². The van der Waals surface area contributed by atoms with Crippen LogP contribution in [0, 0.1) is 0 Å². The van der Waals surface area contributed by atoms with Gasteiger partial charge in [-0.05, 0) is 49.8 Å². The Morgan fingerprint density at radius 1 is 1.15 bits per heavy atom. The number of carbonyl (C=O) groups is 1. The van der Waals surface area contributed by atoms with E-state index < -0.39 is 5.97 Å². The van der Waals surface area contributed by atoms with Gasteiger partial charge in [0.05, 0.1) is 0 Å². The predicted octanol–water partition coefficient (Wildman–Crippen LogP) is 3.05. The number of aryl methyl sites for hydroxylation is 2. The van der Waals surface area contributed by atoms with Crippen molar-refractivity contribution in [2.45, 2.75) is 70.9 Å². The van der Waals surface area contributed by atoms with E-state index in [2.05, 4.69) is 4.98 Å². The molecular weight excluding hydrogens is 424 g/mol. The number of benzene rings is 1. The zero-order valence-corrected chi connectivity index (χ0v) is 18.9. The molecule has 1 aliphatic carbocycles. The monoisotopic (exact) mass is 454 g/mol. The van der Waals surface area contributed by atoms with E-state index in [-0.39, 0.29) is 17.9 Å². The van der Waals surface area contributed by atoms with E-state index in [1.165, 1.54) is 4.57 Å². The van der Waals surface area contributed by atoms with E-state index in [4.69, 9.17) is 14.8 Å². The molecule has 4 rings (SSSR count). The van der Waals surface area contributed by atoms with Crippen LogP contribution in [-0.2, 0) is 24.3 Å². The van der Waals surface area contributed by atoms with Crippen molar-refractivity contribution >= 4 is 17.1 Å². The molecule has 0 bridgehead atoms.